The molecular weight excluding hydrogens is 306 g/mol. The minimum atomic E-state index is -0.298. The smallest absolute Gasteiger partial charge is 0.320 e. The average Bonchev–Trinajstić information content (AvgIpc) is 3.11. The Kier molecular flexibility index (Phi) is 3.02. The Morgan fingerprint density at radius 3 is 2.67 bits per heavy atom. The molecule has 2 aromatic heterocycles. The lowest BCUT2D eigenvalue weighted by molar-refractivity contribution is 0.102. The monoisotopic (exact) mass is 321 g/mol. The van der Waals surface area contributed by atoms with E-state index >= 15 is 0 Å². The van der Waals surface area contributed by atoms with E-state index in [1.807, 2.05) is 30.3 Å². The molecule has 2 aromatic carbocycles. The Morgan fingerprint density at radius 1 is 1.08 bits per heavy atom. The SMILES string of the molecule is Cn1c(=O)n(C)c2cc(NC(=O)c3n[nH]c4ccccc34)ccc21. The van der Waals surface area contributed by atoms with E-state index in [9.17, 15) is 9.59 Å². The first kappa shape index (κ1) is 14.3. The molecule has 0 atom stereocenters. The molecule has 0 radical (unpaired) electrons. The van der Waals surface area contributed by atoms with Crippen molar-refractivity contribution in [3.63, 3.8) is 0 Å². The van der Waals surface area contributed by atoms with Gasteiger partial charge in [-0.1, -0.05) is 18.2 Å². The van der Waals surface area contributed by atoms with Crippen LogP contribution in [0.4, 0.5) is 5.69 Å². The van der Waals surface area contributed by atoms with Gasteiger partial charge in [-0.25, -0.2) is 4.79 Å². The summed E-state index contributed by atoms with van der Waals surface area (Å²) in [6, 6.07) is 12.8. The molecular formula is C17H15N5O2. The van der Waals surface area contributed by atoms with Gasteiger partial charge in [-0.15, -0.1) is 0 Å². The van der Waals surface area contributed by atoms with Crippen LogP contribution in [0.1, 0.15) is 10.5 Å². The molecule has 7 nitrogen and oxygen atoms in total. The number of rotatable bonds is 2. The fourth-order valence-corrected chi connectivity index (χ4v) is 2.91. The number of H-pyrrole nitrogens is 1. The fourth-order valence-electron chi connectivity index (χ4n) is 2.91. The maximum Gasteiger partial charge on any atom is 0.328 e. The molecule has 4 rings (SSSR count). The normalized spacial score (nSPS) is 11.2. The van der Waals surface area contributed by atoms with Crippen LogP contribution in [0.5, 0.6) is 0 Å². The number of amides is 1. The number of aryl methyl sites for hydroxylation is 2. The number of carbonyl (C=O) groups is 1. The van der Waals surface area contributed by atoms with Crippen LogP contribution in [0.15, 0.2) is 47.3 Å². The van der Waals surface area contributed by atoms with Gasteiger partial charge in [-0.2, -0.15) is 5.10 Å². The minimum Gasteiger partial charge on any atom is -0.320 e. The summed E-state index contributed by atoms with van der Waals surface area (Å²) in [4.78, 5) is 24.5. The molecule has 24 heavy (non-hydrogen) atoms. The maximum atomic E-state index is 12.5. The van der Waals surface area contributed by atoms with Crippen LogP contribution in [-0.2, 0) is 14.1 Å². The van der Waals surface area contributed by atoms with Gasteiger partial charge >= 0.3 is 5.69 Å². The van der Waals surface area contributed by atoms with E-state index in [0.717, 1.165) is 21.9 Å². The van der Waals surface area contributed by atoms with Gasteiger partial charge in [0.25, 0.3) is 5.91 Å². The van der Waals surface area contributed by atoms with Crippen molar-refractivity contribution in [2.45, 2.75) is 0 Å². The van der Waals surface area contributed by atoms with E-state index in [2.05, 4.69) is 15.5 Å². The summed E-state index contributed by atoms with van der Waals surface area (Å²) in [6.07, 6.45) is 0. The van der Waals surface area contributed by atoms with Gasteiger partial charge in [0, 0.05) is 25.2 Å². The molecule has 2 heterocycles. The number of aromatic nitrogens is 4. The third-order valence-electron chi connectivity index (χ3n) is 4.22. The molecule has 1 amide bonds. The summed E-state index contributed by atoms with van der Waals surface area (Å²) in [5, 5.41) is 10.5. The van der Waals surface area contributed by atoms with E-state index in [1.165, 1.54) is 0 Å². The molecule has 0 saturated heterocycles. The third kappa shape index (κ3) is 2.02. The zero-order valence-corrected chi connectivity index (χ0v) is 13.2. The first-order valence-corrected chi connectivity index (χ1v) is 7.46. The molecule has 2 N–H and O–H groups in total. The van der Waals surface area contributed by atoms with E-state index in [1.54, 1.807) is 35.4 Å². The molecule has 0 aliphatic carbocycles. The summed E-state index contributed by atoms with van der Waals surface area (Å²) in [5.74, 6) is -0.298. The summed E-state index contributed by atoms with van der Waals surface area (Å²) in [7, 11) is 3.43. The second-order valence-corrected chi connectivity index (χ2v) is 5.68. The standard InChI is InChI=1S/C17H15N5O2/c1-21-13-8-7-10(9-14(13)22(2)17(21)24)18-16(23)15-11-5-3-4-6-12(11)19-20-15/h3-9H,1-2H3,(H,18,23)(H,19,20). The molecule has 0 aliphatic heterocycles. The van der Waals surface area contributed by atoms with E-state index in [0.29, 0.717) is 11.4 Å². The lowest BCUT2D eigenvalue weighted by Gasteiger charge is -2.04. The van der Waals surface area contributed by atoms with Crippen molar-refractivity contribution in [1.29, 1.82) is 0 Å². The predicted octanol–water partition coefficient (Wildman–Crippen LogP) is 2.01. The molecule has 120 valence electrons. The number of fused-ring (bicyclic) bond motifs is 2. The van der Waals surface area contributed by atoms with Gasteiger partial charge in [0.05, 0.1) is 16.6 Å². The van der Waals surface area contributed by atoms with Crippen molar-refractivity contribution in [2.75, 3.05) is 5.32 Å². The van der Waals surface area contributed by atoms with Gasteiger partial charge in [0.1, 0.15) is 0 Å². The lowest BCUT2D eigenvalue weighted by Crippen LogP contribution is -2.19. The zero-order chi connectivity index (χ0) is 16.8. The highest BCUT2D eigenvalue weighted by molar-refractivity contribution is 6.11. The highest BCUT2D eigenvalue weighted by Crippen LogP contribution is 2.20. The van der Waals surface area contributed by atoms with Gasteiger partial charge < -0.3 is 5.32 Å². The number of anilines is 1. The van der Waals surface area contributed by atoms with Gasteiger partial charge in [0.15, 0.2) is 5.69 Å². The number of hydrogen-bond acceptors (Lipinski definition) is 3. The summed E-state index contributed by atoms with van der Waals surface area (Å²) in [5.41, 5.74) is 3.22. The van der Waals surface area contributed by atoms with Crippen molar-refractivity contribution in [1.82, 2.24) is 19.3 Å². The predicted molar refractivity (Wildman–Crippen MR) is 92.2 cm³/mol. The molecule has 0 aliphatic rings. The second-order valence-electron chi connectivity index (χ2n) is 5.68. The first-order chi connectivity index (χ1) is 11.6. The van der Waals surface area contributed by atoms with Crippen LogP contribution in [0.2, 0.25) is 0 Å². The highest BCUT2D eigenvalue weighted by Gasteiger charge is 2.15. The fraction of sp³-hybridized carbons (Fsp3) is 0.118. The number of imidazole rings is 1. The number of benzene rings is 2. The Labute approximate surface area is 136 Å². The number of hydrogen-bond donors (Lipinski definition) is 2. The Morgan fingerprint density at radius 2 is 1.83 bits per heavy atom. The first-order valence-electron chi connectivity index (χ1n) is 7.46. The highest BCUT2D eigenvalue weighted by atomic mass is 16.2. The van der Waals surface area contributed by atoms with E-state index in [-0.39, 0.29) is 11.6 Å². The topological polar surface area (TPSA) is 84.7 Å². The van der Waals surface area contributed by atoms with Crippen LogP contribution in [-0.4, -0.2) is 25.2 Å². The molecule has 0 bridgehead atoms. The number of aromatic amines is 1. The van der Waals surface area contributed by atoms with E-state index < -0.39 is 0 Å². The van der Waals surface area contributed by atoms with Crippen LogP contribution in [0, 0.1) is 0 Å². The lowest BCUT2D eigenvalue weighted by atomic mass is 10.2. The molecule has 0 spiro atoms. The van der Waals surface area contributed by atoms with Gasteiger partial charge in [-0.3, -0.25) is 19.0 Å². The molecule has 7 heteroatoms. The summed E-state index contributed by atoms with van der Waals surface area (Å²) < 4.78 is 3.12. The van der Waals surface area contributed by atoms with Crippen LogP contribution >= 0.6 is 0 Å². The van der Waals surface area contributed by atoms with Crippen LogP contribution in [0.25, 0.3) is 21.9 Å². The minimum absolute atomic E-state index is 0.105. The summed E-state index contributed by atoms with van der Waals surface area (Å²) in [6.45, 7) is 0. The quantitative estimate of drug-likeness (QED) is 0.592. The number of nitrogens with zero attached hydrogens (tertiary/aromatic N) is 3. The molecule has 4 aromatic rings. The van der Waals surface area contributed by atoms with E-state index in [4.69, 9.17) is 0 Å². The van der Waals surface area contributed by atoms with Crippen molar-refractivity contribution >= 4 is 33.5 Å². The summed E-state index contributed by atoms with van der Waals surface area (Å²) >= 11 is 0. The largest absolute Gasteiger partial charge is 0.328 e. The van der Waals surface area contributed by atoms with Crippen molar-refractivity contribution in [3.8, 4) is 0 Å². The molecule has 0 fully saturated rings. The van der Waals surface area contributed by atoms with Crippen LogP contribution < -0.4 is 11.0 Å². The third-order valence-corrected chi connectivity index (χ3v) is 4.22. The number of carbonyl (C=O) groups excluding carboxylic acids is 1. The van der Waals surface area contributed by atoms with Crippen LogP contribution in [0.3, 0.4) is 0 Å². The Hall–Kier alpha value is -3.35. The second kappa shape index (κ2) is 5.09. The van der Waals surface area contributed by atoms with Crippen molar-refractivity contribution in [3.05, 3.63) is 58.6 Å². The zero-order valence-electron chi connectivity index (χ0n) is 13.2. The van der Waals surface area contributed by atoms with Crippen molar-refractivity contribution in [2.24, 2.45) is 14.1 Å². The number of para-hydroxylation sites is 1. The van der Waals surface area contributed by atoms with Gasteiger partial charge in [0.2, 0.25) is 0 Å². The number of nitrogens with one attached hydrogen (secondary N) is 2. The van der Waals surface area contributed by atoms with Crippen molar-refractivity contribution < 1.29 is 4.79 Å². The molecule has 0 saturated carbocycles. The molecule has 0 unspecified atom stereocenters. The average molecular weight is 321 g/mol. The Bertz CT molecular complexity index is 1150. The Balaban J connectivity index is 1.72. The maximum absolute atomic E-state index is 12.5. The van der Waals surface area contributed by atoms with Gasteiger partial charge in [-0.05, 0) is 24.3 Å².